The van der Waals surface area contributed by atoms with Gasteiger partial charge in [-0.2, -0.15) is 0 Å². The van der Waals surface area contributed by atoms with Crippen molar-refractivity contribution >= 4 is 17.9 Å². The maximum absolute atomic E-state index is 13.5. The van der Waals surface area contributed by atoms with Gasteiger partial charge >= 0.3 is 6.09 Å². The van der Waals surface area contributed by atoms with Crippen LogP contribution in [0.15, 0.2) is 91.3 Å². The van der Waals surface area contributed by atoms with E-state index < -0.39 is 18.2 Å². The van der Waals surface area contributed by atoms with E-state index in [4.69, 9.17) is 4.74 Å². The van der Waals surface area contributed by atoms with Gasteiger partial charge in [-0.1, -0.05) is 80.3 Å². The first-order valence-corrected chi connectivity index (χ1v) is 18.5. The van der Waals surface area contributed by atoms with Crippen LogP contribution in [0.1, 0.15) is 80.1 Å². The van der Waals surface area contributed by atoms with Crippen LogP contribution in [-0.2, 0) is 14.3 Å². The Morgan fingerprint density at radius 3 is 2.02 bits per heavy atom. The summed E-state index contributed by atoms with van der Waals surface area (Å²) in [7, 11) is 5.08. The second kappa shape index (κ2) is 17.3. The first-order chi connectivity index (χ1) is 26.5. The molecule has 1 saturated heterocycles. The summed E-state index contributed by atoms with van der Waals surface area (Å²) in [6.45, 7) is 6.31. The van der Waals surface area contributed by atoms with Crippen LogP contribution in [0.3, 0.4) is 0 Å². The minimum atomic E-state index is -0.683. The molecule has 1 aliphatic heterocycles. The standard InChI is InChI=1S/C43H48N8O4/c1-27(2)37(49-43(54)55-6)42(53)51-24-10-13-36(51)40-45-26-35(48-40)32-22-18-30(19-23-32)15-14-29-16-20-31(21-17-29)34-25-44-39(47-34)28(3)46-41(52)38(50(4)5)33-11-8-7-9-12-33/h7-9,11-12,16-23,25-28,36-38H,10,13,24H2,1-6H3,(H,44,47)(H,45,48)(H,46,52)(H,49,54). The molecular formula is C43H48N8O4. The molecule has 3 aromatic carbocycles. The third-order valence-electron chi connectivity index (χ3n) is 9.83. The van der Waals surface area contributed by atoms with Gasteiger partial charge in [0.05, 0.1) is 43.0 Å². The lowest BCUT2D eigenvalue weighted by atomic mass is 10.0. The van der Waals surface area contributed by atoms with Gasteiger partial charge < -0.3 is 30.2 Å². The number of benzene rings is 3. The zero-order valence-electron chi connectivity index (χ0n) is 32.1. The van der Waals surface area contributed by atoms with Crippen LogP contribution in [0.25, 0.3) is 22.5 Å². The van der Waals surface area contributed by atoms with Gasteiger partial charge in [-0.15, -0.1) is 0 Å². The van der Waals surface area contributed by atoms with E-state index in [9.17, 15) is 14.4 Å². The van der Waals surface area contributed by atoms with Crippen LogP contribution in [0.2, 0.25) is 0 Å². The fourth-order valence-electron chi connectivity index (χ4n) is 6.84. The molecule has 0 radical (unpaired) electrons. The predicted octanol–water partition coefficient (Wildman–Crippen LogP) is 6.39. The number of aromatic amines is 2. The molecule has 0 bridgehead atoms. The largest absolute Gasteiger partial charge is 0.453 e. The number of hydrogen-bond acceptors (Lipinski definition) is 7. The summed E-state index contributed by atoms with van der Waals surface area (Å²) >= 11 is 0. The van der Waals surface area contributed by atoms with Crippen LogP contribution in [0, 0.1) is 17.8 Å². The first-order valence-electron chi connectivity index (χ1n) is 18.5. The van der Waals surface area contributed by atoms with Crippen molar-refractivity contribution in [2.45, 2.75) is 57.8 Å². The Labute approximate surface area is 322 Å². The highest BCUT2D eigenvalue weighted by Gasteiger charge is 2.37. The molecule has 1 fully saturated rings. The number of likely N-dealkylation sites (N-methyl/N-ethyl adjacent to an activating group) is 1. The third kappa shape index (κ3) is 9.13. The highest BCUT2D eigenvalue weighted by Crippen LogP contribution is 2.33. The Bertz CT molecular complexity index is 2150. The summed E-state index contributed by atoms with van der Waals surface area (Å²) in [5, 5.41) is 5.79. The van der Waals surface area contributed by atoms with Gasteiger partial charge in [0, 0.05) is 17.7 Å². The number of H-pyrrole nitrogens is 2. The Morgan fingerprint density at radius 1 is 0.836 bits per heavy atom. The lowest BCUT2D eigenvalue weighted by molar-refractivity contribution is -0.135. The van der Waals surface area contributed by atoms with Crippen molar-refractivity contribution in [1.29, 1.82) is 0 Å². The number of methoxy groups -OCH3 is 1. The summed E-state index contributed by atoms with van der Waals surface area (Å²) < 4.78 is 4.75. The van der Waals surface area contributed by atoms with E-state index >= 15 is 0 Å². The summed E-state index contributed by atoms with van der Waals surface area (Å²) in [4.78, 5) is 58.3. The predicted molar refractivity (Wildman–Crippen MR) is 211 cm³/mol. The number of aromatic nitrogens is 4. The van der Waals surface area contributed by atoms with Gasteiger partial charge in [0.1, 0.15) is 23.7 Å². The lowest BCUT2D eigenvalue weighted by Crippen LogP contribution is -2.51. The quantitative estimate of drug-likeness (QED) is 0.115. The fourth-order valence-corrected chi connectivity index (χ4v) is 6.84. The maximum atomic E-state index is 13.5. The summed E-state index contributed by atoms with van der Waals surface area (Å²) in [6, 6.07) is 24.0. The first kappa shape index (κ1) is 38.5. The molecule has 5 aromatic rings. The van der Waals surface area contributed by atoms with Crippen molar-refractivity contribution in [3.05, 3.63) is 120 Å². The van der Waals surface area contributed by atoms with Crippen LogP contribution < -0.4 is 10.6 Å². The number of likely N-dealkylation sites (tertiary alicyclic amines) is 1. The average molecular weight is 741 g/mol. The molecule has 0 saturated carbocycles. The third-order valence-corrected chi connectivity index (χ3v) is 9.83. The normalized spacial score (nSPS) is 15.6. The smallest absolute Gasteiger partial charge is 0.407 e. The van der Waals surface area contributed by atoms with Gasteiger partial charge in [-0.3, -0.25) is 14.5 Å². The number of nitrogens with one attached hydrogen (secondary N) is 4. The van der Waals surface area contributed by atoms with E-state index in [1.54, 1.807) is 17.3 Å². The van der Waals surface area contributed by atoms with Crippen molar-refractivity contribution in [3.8, 4) is 34.4 Å². The second-order valence-corrected chi connectivity index (χ2v) is 14.3. The number of hydrogen-bond donors (Lipinski definition) is 4. The molecule has 284 valence electrons. The molecule has 3 heterocycles. The summed E-state index contributed by atoms with van der Waals surface area (Å²) in [5.41, 5.74) is 6.29. The highest BCUT2D eigenvalue weighted by atomic mass is 16.5. The van der Waals surface area contributed by atoms with Crippen molar-refractivity contribution < 1.29 is 19.1 Å². The van der Waals surface area contributed by atoms with Crippen molar-refractivity contribution in [1.82, 2.24) is 40.4 Å². The topological polar surface area (TPSA) is 148 Å². The van der Waals surface area contributed by atoms with E-state index in [0.717, 1.165) is 57.9 Å². The second-order valence-electron chi connectivity index (χ2n) is 14.3. The molecule has 0 aliphatic carbocycles. The van der Waals surface area contributed by atoms with Gasteiger partial charge in [0.2, 0.25) is 11.8 Å². The van der Waals surface area contributed by atoms with Crippen molar-refractivity contribution in [2.75, 3.05) is 27.7 Å². The molecule has 4 atom stereocenters. The Kier molecular flexibility index (Phi) is 12.1. The molecule has 12 heteroatoms. The molecule has 6 rings (SSSR count). The molecule has 4 N–H and O–H groups in total. The molecule has 3 amide bonds. The van der Waals surface area contributed by atoms with Crippen LogP contribution in [0.5, 0.6) is 0 Å². The Hall–Kier alpha value is -6.19. The average Bonchev–Trinajstić information content (AvgIpc) is 3.98. The molecule has 2 aromatic heterocycles. The van der Waals surface area contributed by atoms with Gasteiger partial charge in [-0.25, -0.2) is 14.8 Å². The van der Waals surface area contributed by atoms with Crippen LogP contribution in [-0.4, -0.2) is 81.4 Å². The maximum Gasteiger partial charge on any atom is 0.407 e. The molecule has 0 spiro atoms. The monoisotopic (exact) mass is 740 g/mol. The van der Waals surface area contributed by atoms with E-state index in [2.05, 4.69) is 42.4 Å². The summed E-state index contributed by atoms with van der Waals surface area (Å²) in [6.07, 6.45) is 4.58. The SMILES string of the molecule is COC(=O)NC(C(=O)N1CCCC1c1ncc(-c2ccc(C#Cc3ccc(-c4cnc(C(C)NC(=O)C(c5ccccc5)N(C)C)[nH]4)cc3)cc2)[nH]1)C(C)C. The van der Waals surface area contributed by atoms with Crippen molar-refractivity contribution in [2.24, 2.45) is 5.92 Å². The van der Waals surface area contributed by atoms with E-state index in [0.29, 0.717) is 12.4 Å². The molecule has 55 heavy (non-hydrogen) atoms. The lowest BCUT2D eigenvalue weighted by Gasteiger charge is -2.30. The number of rotatable bonds is 11. The summed E-state index contributed by atoms with van der Waals surface area (Å²) in [5.74, 6) is 7.56. The van der Waals surface area contributed by atoms with Gasteiger partial charge in [0.25, 0.3) is 0 Å². The van der Waals surface area contributed by atoms with E-state index in [-0.39, 0.29) is 29.8 Å². The fraction of sp³-hybridized carbons (Fsp3) is 0.326. The molecule has 12 nitrogen and oxygen atoms in total. The zero-order chi connectivity index (χ0) is 39.1. The number of amides is 3. The number of nitrogens with zero attached hydrogens (tertiary/aromatic N) is 4. The molecular weight excluding hydrogens is 693 g/mol. The van der Waals surface area contributed by atoms with Crippen molar-refractivity contribution in [3.63, 3.8) is 0 Å². The number of imidazole rings is 2. The molecule has 1 aliphatic rings. The van der Waals surface area contributed by atoms with Gasteiger partial charge in [-0.05, 0) is 80.7 Å². The highest BCUT2D eigenvalue weighted by molar-refractivity contribution is 5.86. The van der Waals surface area contributed by atoms with Gasteiger partial charge in [0.15, 0.2) is 0 Å². The van der Waals surface area contributed by atoms with E-state index in [1.807, 2.05) is 119 Å². The Balaban J connectivity index is 1.06. The zero-order valence-corrected chi connectivity index (χ0v) is 32.1. The number of ether oxygens (including phenoxy) is 1. The van der Waals surface area contributed by atoms with Crippen LogP contribution >= 0.6 is 0 Å². The minimum absolute atomic E-state index is 0.0940. The number of carbonyl (C=O) groups excluding carboxylic acids is 3. The Morgan fingerprint density at radius 2 is 1.44 bits per heavy atom. The van der Waals surface area contributed by atoms with Crippen LogP contribution in [0.4, 0.5) is 4.79 Å². The minimum Gasteiger partial charge on any atom is -0.453 e. The molecule has 4 unspecified atom stereocenters. The van der Waals surface area contributed by atoms with E-state index in [1.165, 1.54) is 7.11 Å². The number of carbonyl (C=O) groups is 3. The number of alkyl carbamates (subject to hydrolysis) is 1.